The molecule has 1 saturated heterocycles. The van der Waals surface area contributed by atoms with Crippen molar-refractivity contribution in [2.24, 2.45) is 5.92 Å². The first-order chi connectivity index (χ1) is 16.4. The molecule has 4 rings (SSSR count). The number of rotatable bonds is 8. The van der Waals surface area contributed by atoms with Crippen molar-refractivity contribution in [3.63, 3.8) is 0 Å². The standard InChI is InChI=1S/C24H30N6O3S/c1-17-10-12-29(13-11-17)23-26-27-24(30(23)15-20-5-4-14-33-20)34-16-21(31)25-19-8-6-18(7-9-19)22(32)28(2)3/h4-9,14,17H,10-13,15-16H2,1-3H3,(H,25,31). The van der Waals surface area contributed by atoms with Crippen LogP contribution in [0.2, 0.25) is 0 Å². The van der Waals surface area contributed by atoms with Gasteiger partial charge in [0.25, 0.3) is 5.91 Å². The summed E-state index contributed by atoms with van der Waals surface area (Å²) in [7, 11) is 3.41. The summed E-state index contributed by atoms with van der Waals surface area (Å²) in [6.07, 6.45) is 3.90. The van der Waals surface area contributed by atoms with Crippen LogP contribution in [0.25, 0.3) is 0 Å². The van der Waals surface area contributed by atoms with E-state index < -0.39 is 0 Å². The summed E-state index contributed by atoms with van der Waals surface area (Å²) >= 11 is 1.34. The lowest BCUT2D eigenvalue weighted by atomic mass is 10.00. The van der Waals surface area contributed by atoms with E-state index in [2.05, 4.69) is 27.3 Å². The Morgan fingerprint density at radius 1 is 1.15 bits per heavy atom. The molecule has 2 amide bonds. The van der Waals surface area contributed by atoms with Gasteiger partial charge in [0.15, 0.2) is 5.16 Å². The van der Waals surface area contributed by atoms with Crippen molar-refractivity contribution < 1.29 is 14.0 Å². The zero-order valence-electron chi connectivity index (χ0n) is 19.7. The number of hydrogen-bond donors (Lipinski definition) is 1. The maximum Gasteiger partial charge on any atom is 0.253 e. The van der Waals surface area contributed by atoms with Gasteiger partial charge in [0.2, 0.25) is 11.9 Å². The Morgan fingerprint density at radius 2 is 1.88 bits per heavy atom. The van der Waals surface area contributed by atoms with E-state index >= 15 is 0 Å². The molecular weight excluding hydrogens is 452 g/mol. The van der Waals surface area contributed by atoms with E-state index in [9.17, 15) is 9.59 Å². The zero-order valence-corrected chi connectivity index (χ0v) is 20.5. The fourth-order valence-electron chi connectivity index (χ4n) is 3.81. The van der Waals surface area contributed by atoms with Gasteiger partial charge in [-0.25, -0.2) is 0 Å². The van der Waals surface area contributed by atoms with Crippen LogP contribution in [0.4, 0.5) is 11.6 Å². The summed E-state index contributed by atoms with van der Waals surface area (Å²) in [5.41, 5.74) is 1.21. The molecule has 0 spiro atoms. The first kappa shape index (κ1) is 23.9. The average molecular weight is 483 g/mol. The minimum atomic E-state index is -0.155. The highest BCUT2D eigenvalue weighted by molar-refractivity contribution is 7.99. The molecule has 1 N–H and O–H groups in total. The zero-order chi connectivity index (χ0) is 24.1. The molecule has 10 heteroatoms. The van der Waals surface area contributed by atoms with Crippen LogP contribution in [-0.4, -0.2) is 64.4 Å². The molecule has 3 heterocycles. The maximum absolute atomic E-state index is 12.6. The minimum Gasteiger partial charge on any atom is -0.467 e. The number of anilines is 2. The van der Waals surface area contributed by atoms with Crippen molar-refractivity contribution in [2.75, 3.05) is 43.2 Å². The predicted octanol–water partition coefficient (Wildman–Crippen LogP) is 3.59. The molecule has 0 saturated carbocycles. The number of piperidine rings is 1. The number of hydrogen-bond acceptors (Lipinski definition) is 7. The Kier molecular flexibility index (Phi) is 7.56. The number of carbonyl (C=O) groups excluding carboxylic acids is 2. The number of carbonyl (C=O) groups is 2. The molecule has 34 heavy (non-hydrogen) atoms. The lowest BCUT2D eigenvalue weighted by Gasteiger charge is -2.31. The van der Waals surface area contributed by atoms with Crippen LogP contribution in [0.15, 0.2) is 52.2 Å². The van der Waals surface area contributed by atoms with Gasteiger partial charge in [-0.3, -0.25) is 14.2 Å². The quantitative estimate of drug-likeness (QED) is 0.490. The summed E-state index contributed by atoms with van der Waals surface area (Å²) in [6, 6.07) is 10.7. The molecule has 0 radical (unpaired) electrons. The molecule has 0 bridgehead atoms. The highest BCUT2D eigenvalue weighted by atomic mass is 32.2. The lowest BCUT2D eigenvalue weighted by Crippen LogP contribution is -2.35. The fourth-order valence-corrected chi connectivity index (χ4v) is 4.54. The molecule has 0 atom stereocenters. The third kappa shape index (κ3) is 5.80. The maximum atomic E-state index is 12.6. The molecule has 3 aromatic rings. The number of benzene rings is 1. The molecule has 1 aliphatic rings. The molecule has 2 aromatic heterocycles. The van der Waals surface area contributed by atoms with Gasteiger partial charge in [-0.2, -0.15) is 0 Å². The normalized spacial score (nSPS) is 14.3. The minimum absolute atomic E-state index is 0.0803. The van der Waals surface area contributed by atoms with Crippen LogP contribution in [0, 0.1) is 5.92 Å². The first-order valence-electron chi connectivity index (χ1n) is 11.4. The van der Waals surface area contributed by atoms with Crippen LogP contribution in [-0.2, 0) is 11.3 Å². The van der Waals surface area contributed by atoms with Crippen LogP contribution < -0.4 is 10.2 Å². The van der Waals surface area contributed by atoms with Gasteiger partial charge in [-0.1, -0.05) is 18.7 Å². The van der Waals surface area contributed by atoms with Gasteiger partial charge >= 0.3 is 0 Å². The van der Waals surface area contributed by atoms with Gasteiger partial charge in [0.05, 0.1) is 18.6 Å². The van der Waals surface area contributed by atoms with E-state index in [1.807, 2.05) is 16.7 Å². The number of aromatic nitrogens is 3. The van der Waals surface area contributed by atoms with Gasteiger partial charge < -0.3 is 19.5 Å². The van der Waals surface area contributed by atoms with Crippen LogP contribution in [0.3, 0.4) is 0 Å². The first-order valence-corrected chi connectivity index (χ1v) is 12.3. The number of nitrogens with zero attached hydrogens (tertiary/aromatic N) is 5. The van der Waals surface area contributed by atoms with E-state index in [0.717, 1.165) is 37.6 Å². The number of furan rings is 1. The van der Waals surface area contributed by atoms with Gasteiger partial charge in [0.1, 0.15) is 5.76 Å². The molecule has 0 aliphatic carbocycles. The SMILES string of the molecule is CC1CCN(c2nnc(SCC(=O)Nc3ccc(C(=O)N(C)C)cc3)n2Cc2ccco2)CC1. The Hall–Kier alpha value is -3.27. The Balaban J connectivity index is 1.41. The Morgan fingerprint density at radius 3 is 2.53 bits per heavy atom. The van der Waals surface area contributed by atoms with Crippen LogP contribution in [0.1, 0.15) is 35.9 Å². The van der Waals surface area contributed by atoms with E-state index in [-0.39, 0.29) is 17.6 Å². The second-order valence-electron chi connectivity index (χ2n) is 8.73. The molecule has 1 aromatic carbocycles. The number of amides is 2. The summed E-state index contributed by atoms with van der Waals surface area (Å²) in [6.45, 7) is 4.66. The molecular formula is C24H30N6O3S. The molecule has 1 aliphatic heterocycles. The largest absolute Gasteiger partial charge is 0.467 e. The Bertz CT molecular complexity index is 1100. The van der Waals surface area contributed by atoms with Gasteiger partial charge in [-0.15, -0.1) is 10.2 Å². The predicted molar refractivity (Wildman–Crippen MR) is 132 cm³/mol. The highest BCUT2D eigenvalue weighted by Crippen LogP contribution is 2.27. The van der Waals surface area contributed by atoms with Gasteiger partial charge in [0, 0.05) is 38.4 Å². The molecule has 0 unspecified atom stereocenters. The summed E-state index contributed by atoms with van der Waals surface area (Å²) in [5, 5.41) is 12.4. The molecule has 1 fully saturated rings. The summed E-state index contributed by atoms with van der Waals surface area (Å²) < 4.78 is 7.58. The van der Waals surface area contributed by atoms with Crippen molar-refractivity contribution in [3.8, 4) is 0 Å². The van der Waals surface area contributed by atoms with E-state index in [1.165, 1.54) is 16.7 Å². The van der Waals surface area contributed by atoms with Crippen LogP contribution >= 0.6 is 11.8 Å². The van der Waals surface area contributed by atoms with E-state index in [1.54, 1.807) is 44.6 Å². The van der Waals surface area contributed by atoms with E-state index in [0.29, 0.717) is 28.9 Å². The van der Waals surface area contributed by atoms with Crippen molar-refractivity contribution in [2.45, 2.75) is 31.5 Å². The van der Waals surface area contributed by atoms with E-state index in [4.69, 9.17) is 4.42 Å². The smallest absolute Gasteiger partial charge is 0.253 e. The van der Waals surface area contributed by atoms with Gasteiger partial charge in [-0.05, 0) is 55.2 Å². The average Bonchev–Trinajstić information content (AvgIpc) is 3.49. The monoisotopic (exact) mass is 482 g/mol. The van der Waals surface area contributed by atoms with Crippen molar-refractivity contribution in [3.05, 3.63) is 54.0 Å². The lowest BCUT2D eigenvalue weighted by molar-refractivity contribution is -0.113. The van der Waals surface area contributed by atoms with Crippen molar-refractivity contribution >= 4 is 35.2 Å². The second kappa shape index (κ2) is 10.8. The summed E-state index contributed by atoms with van der Waals surface area (Å²) in [4.78, 5) is 28.4. The molecule has 9 nitrogen and oxygen atoms in total. The topological polar surface area (TPSA) is 96.5 Å². The third-order valence-electron chi connectivity index (χ3n) is 5.81. The van der Waals surface area contributed by atoms with Crippen LogP contribution in [0.5, 0.6) is 0 Å². The third-order valence-corrected chi connectivity index (χ3v) is 6.78. The summed E-state index contributed by atoms with van der Waals surface area (Å²) in [5.74, 6) is 2.29. The fraction of sp³-hybridized carbons (Fsp3) is 0.417. The second-order valence-corrected chi connectivity index (χ2v) is 9.67. The number of nitrogens with one attached hydrogen (secondary N) is 1. The number of thioether (sulfide) groups is 1. The molecule has 180 valence electrons. The Labute approximate surface area is 203 Å². The highest BCUT2D eigenvalue weighted by Gasteiger charge is 2.23. The van der Waals surface area contributed by atoms with Crippen molar-refractivity contribution in [1.82, 2.24) is 19.7 Å². The van der Waals surface area contributed by atoms with Crippen molar-refractivity contribution in [1.29, 1.82) is 0 Å².